The molecule has 2 aromatic rings. The highest BCUT2D eigenvalue weighted by atomic mass is 16.5. The first-order valence-electron chi connectivity index (χ1n) is 10.3. The second-order valence-corrected chi connectivity index (χ2v) is 7.46. The number of hydrogen-bond donors (Lipinski definition) is 1. The van der Waals surface area contributed by atoms with Crippen molar-refractivity contribution in [3.05, 3.63) is 54.1 Å². The second-order valence-electron chi connectivity index (χ2n) is 7.46. The van der Waals surface area contributed by atoms with E-state index in [1.807, 2.05) is 48.5 Å². The lowest BCUT2D eigenvalue weighted by molar-refractivity contribution is -0.148. The number of methoxy groups -OCH3 is 1. The van der Waals surface area contributed by atoms with Crippen LogP contribution in [-0.2, 0) is 16.0 Å². The summed E-state index contributed by atoms with van der Waals surface area (Å²) in [7, 11) is 1.40. The van der Waals surface area contributed by atoms with Crippen molar-refractivity contribution in [1.82, 2.24) is 0 Å². The average molecular weight is 417 g/mol. The maximum absolute atomic E-state index is 11.0. The van der Waals surface area contributed by atoms with Crippen LogP contribution < -0.4 is 14.2 Å². The minimum atomic E-state index is -0.967. The fraction of sp³-hybridized carbons (Fsp3) is 0.458. The number of aliphatic carboxylic acids is 1. The van der Waals surface area contributed by atoms with Crippen molar-refractivity contribution in [3.8, 4) is 17.2 Å². The third-order valence-electron chi connectivity index (χ3n) is 4.52. The topological polar surface area (TPSA) is 74.2 Å². The Balaban J connectivity index is 1.63. The van der Waals surface area contributed by atoms with E-state index >= 15 is 0 Å². The van der Waals surface area contributed by atoms with Crippen LogP contribution in [0.25, 0.3) is 0 Å². The van der Waals surface area contributed by atoms with Crippen molar-refractivity contribution in [3.63, 3.8) is 0 Å². The predicted molar refractivity (Wildman–Crippen MR) is 116 cm³/mol. The minimum Gasteiger partial charge on any atom is -0.494 e. The molecule has 0 saturated heterocycles. The van der Waals surface area contributed by atoms with Gasteiger partial charge in [-0.25, -0.2) is 4.79 Å². The SMILES string of the molecule is CO[C@@H](Cc1ccc(OCCCOc2ccc(OCCC(C)C)cc2)cc1)C(=O)O. The zero-order valence-electron chi connectivity index (χ0n) is 18.0. The van der Waals surface area contributed by atoms with Crippen LogP contribution in [0.3, 0.4) is 0 Å². The van der Waals surface area contributed by atoms with Gasteiger partial charge in [-0.15, -0.1) is 0 Å². The molecular formula is C24H32O6. The van der Waals surface area contributed by atoms with Crippen molar-refractivity contribution in [1.29, 1.82) is 0 Å². The summed E-state index contributed by atoms with van der Waals surface area (Å²) in [4.78, 5) is 11.0. The fourth-order valence-electron chi connectivity index (χ4n) is 2.69. The van der Waals surface area contributed by atoms with E-state index in [4.69, 9.17) is 24.1 Å². The van der Waals surface area contributed by atoms with Crippen molar-refractivity contribution in [2.24, 2.45) is 5.92 Å². The largest absolute Gasteiger partial charge is 0.494 e. The third-order valence-corrected chi connectivity index (χ3v) is 4.52. The molecule has 0 aliphatic carbocycles. The quantitative estimate of drug-likeness (QED) is 0.454. The molecule has 0 radical (unpaired) electrons. The van der Waals surface area contributed by atoms with Gasteiger partial charge in [0.15, 0.2) is 6.10 Å². The van der Waals surface area contributed by atoms with Crippen LogP contribution in [0, 0.1) is 5.92 Å². The molecule has 0 saturated carbocycles. The van der Waals surface area contributed by atoms with E-state index < -0.39 is 12.1 Å². The molecule has 0 bridgehead atoms. The highest BCUT2D eigenvalue weighted by Gasteiger charge is 2.16. The fourth-order valence-corrected chi connectivity index (χ4v) is 2.69. The number of rotatable bonds is 14. The first-order chi connectivity index (χ1) is 14.5. The first kappa shape index (κ1) is 23.5. The summed E-state index contributed by atoms with van der Waals surface area (Å²) >= 11 is 0. The lowest BCUT2D eigenvalue weighted by Gasteiger charge is -2.12. The number of hydrogen-bond acceptors (Lipinski definition) is 5. The monoisotopic (exact) mass is 416 g/mol. The molecule has 0 spiro atoms. The number of carboxylic acids is 1. The number of benzene rings is 2. The Bertz CT molecular complexity index is 739. The van der Waals surface area contributed by atoms with Gasteiger partial charge in [-0.05, 0) is 54.3 Å². The molecule has 0 amide bonds. The van der Waals surface area contributed by atoms with Crippen LogP contribution in [0.15, 0.2) is 48.5 Å². The minimum absolute atomic E-state index is 0.321. The molecule has 6 heteroatoms. The Kier molecular flexibility index (Phi) is 10.0. The smallest absolute Gasteiger partial charge is 0.333 e. The Hall–Kier alpha value is -2.73. The second kappa shape index (κ2) is 12.8. The Labute approximate surface area is 178 Å². The van der Waals surface area contributed by atoms with E-state index in [1.54, 1.807) is 0 Å². The van der Waals surface area contributed by atoms with Gasteiger partial charge < -0.3 is 24.1 Å². The van der Waals surface area contributed by atoms with Crippen LogP contribution in [0.4, 0.5) is 0 Å². The van der Waals surface area contributed by atoms with E-state index in [9.17, 15) is 4.79 Å². The summed E-state index contributed by atoms with van der Waals surface area (Å²) in [5, 5.41) is 9.04. The predicted octanol–water partition coefficient (Wildman–Crippen LogP) is 4.60. The Morgan fingerprint density at radius 2 is 1.30 bits per heavy atom. The van der Waals surface area contributed by atoms with Gasteiger partial charge in [-0.2, -0.15) is 0 Å². The number of carbonyl (C=O) groups is 1. The summed E-state index contributed by atoms with van der Waals surface area (Å²) in [5.74, 6) is 2.07. The van der Waals surface area contributed by atoms with Gasteiger partial charge in [0.05, 0.1) is 19.8 Å². The van der Waals surface area contributed by atoms with Gasteiger partial charge in [0, 0.05) is 20.0 Å². The normalized spacial score (nSPS) is 11.9. The summed E-state index contributed by atoms with van der Waals surface area (Å²) < 4.78 is 22.1. The van der Waals surface area contributed by atoms with Gasteiger partial charge in [0.1, 0.15) is 17.2 Å². The summed E-state index contributed by atoms with van der Waals surface area (Å²) in [5.41, 5.74) is 0.886. The van der Waals surface area contributed by atoms with E-state index in [1.165, 1.54) is 7.11 Å². The highest BCUT2D eigenvalue weighted by molar-refractivity contribution is 5.72. The van der Waals surface area contributed by atoms with E-state index in [0.29, 0.717) is 25.6 Å². The molecule has 0 aliphatic heterocycles. The zero-order valence-corrected chi connectivity index (χ0v) is 18.0. The molecule has 0 aromatic heterocycles. The van der Waals surface area contributed by atoms with Crippen LogP contribution in [-0.4, -0.2) is 44.1 Å². The maximum Gasteiger partial charge on any atom is 0.333 e. The summed E-state index contributed by atoms with van der Waals surface area (Å²) in [6.45, 7) is 6.17. The molecule has 6 nitrogen and oxygen atoms in total. The molecule has 30 heavy (non-hydrogen) atoms. The van der Waals surface area contributed by atoms with Gasteiger partial charge in [-0.3, -0.25) is 0 Å². The van der Waals surface area contributed by atoms with Gasteiger partial charge in [0.2, 0.25) is 0 Å². The zero-order chi connectivity index (χ0) is 21.8. The van der Waals surface area contributed by atoms with E-state index in [0.717, 1.165) is 42.3 Å². The van der Waals surface area contributed by atoms with Crippen molar-refractivity contribution in [2.45, 2.75) is 39.2 Å². The van der Waals surface area contributed by atoms with Crippen LogP contribution in [0.5, 0.6) is 17.2 Å². The first-order valence-corrected chi connectivity index (χ1v) is 10.3. The summed E-state index contributed by atoms with van der Waals surface area (Å²) in [6.07, 6.45) is 1.27. The van der Waals surface area contributed by atoms with E-state index in [-0.39, 0.29) is 0 Å². The van der Waals surface area contributed by atoms with Crippen molar-refractivity contribution >= 4 is 5.97 Å². The molecule has 0 heterocycles. The molecule has 2 rings (SSSR count). The molecule has 1 N–H and O–H groups in total. The lowest BCUT2D eigenvalue weighted by atomic mass is 10.1. The molecule has 0 aliphatic rings. The van der Waals surface area contributed by atoms with Crippen LogP contribution in [0.2, 0.25) is 0 Å². The maximum atomic E-state index is 11.0. The summed E-state index contributed by atoms with van der Waals surface area (Å²) in [6, 6.07) is 15.0. The average Bonchev–Trinajstić information content (AvgIpc) is 2.73. The number of carboxylic acid groups (broad SMARTS) is 1. The molecular weight excluding hydrogens is 384 g/mol. The van der Waals surface area contributed by atoms with Crippen LogP contribution in [0.1, 0.15) is 32.3 Å². The third kappa shape index (κ3) is 8.74. The van der Waals surface area contributed by atoms with Crippen molar-refractivity contribution < 1.29 is 28.8 Å². The van der Waals surface area contributed by atoms with Gasteiger partial charge >= 0.3 is 5.97 Å². The molecule has 0 unspecified atom stereocenters. The highest BCUT2D eigenvalue weighted by Crippen LogP contribution is 2.19. The molecule has 2 aromatic carbocycles. The molecule has 1 atom stereocenters. The van der Waals surface area contributed by atoms with E-state index in [2.05, 4.69) is 13.8 Å². The van der Waals surface area contributed by atoms with Gasteiger partial charge in [0.25, 0.3) is 0 Å². The van der Waals surface area contributed by atoms with Crippen LogP contribution >= 0.6 is 0 Å². The Morgan fingerprint density at radius 1 is 0.833 bits per heavy atom. The standard InChI is InChI=1S/C24H32O6/c1-18(2)13-16-30-22-11-9-21(10-12-22)29-15-4-14-28-20-7-5-19(6-8-20)17-23(27-3)24(25)26/h5-12,18,23H,4,13-17H2,1-3H3,(H,25,26)/t23-/m0/s1. The number of ether oxygens (including phenoxy) is 4. The molecule has 164 valence electrons. The van der Waals surface area contributed by atoms with Crippen molar-refractivity contribution in [2.75, 3.05) is 26.9 Å². The molecule has 0 fully saturated rings. The van der Waals surface area contributed by atoms with Gasteiger partial charge in [-0.1, -0.05) is 26.0 Å². The Morgan fingerprint density at radius 3 is 1.73 bits per heavy atom. The lowest BCUT2D eigenvalue weighted by Crippen LogP contribution is -2.24.